The van der Waals surface area contributed by atoms with Crippen LogP contribution in [-0.2, 0) is 14.3 Å². The molecule has 0 unspecified atom stereocenters. The average molecular weight is 535 g/mol. The number of morpholine rings is 1. The molecule has 3 aromatic rings. The lowest BCUT2D eigenvalue weighted by Crippen LogP contribution is -2.43. The van der Waals surface area contributed by atoms with Gasteiger partial charge in [-0.2, -0.15) is 0 Å². The van der Waals surface area contributed by atoms with Gasteiger partial charge in [0, 0.05) is 18.5 Å². The summed E-state index contributed by atoms with van der Waals surface area (Å²) in [6, 6.07) is 19.2. The zero-order chi connectivity index (χ0) is 25.8. The Hall–Kier alpha value is -3.40. The van der Waals surface area contributed by atoms with Crippen molar-refractivity contribution in [2.24, 2.45) is 0 Å². The van der Waals surface area contributed by atoms with Crippen molar-refractivity contribution in [1.29, 1.82) is 0 Å². The third-order valence-corrected chi connectivity index (χ3v) is 7.38. The number of rotatable bonds is 7. The molecule has 0 radical (unpaired) electrons. The highest BCUT2D eigenvalue weighted by Gasteiger charge is 2.34. The Balaban J connectivity index is 1.35. The van der Waals surface area contributed by atoms with Crippen molar-refractivity contribution in [3.05, 3.63) is 71.1 Å². The Morgan fingerprint density at radius 3 is 2.65 bits per heavy atom. The number of hydrogen-bond donors (Lipinski definition) is 0. The van der Waals surface area contributed by atoms with Gasteiger partial charge in [-0.15, -0.1) is 0 Å². The van der Waals surface area contributed by atoms with Crippen LogP contribution in [0.15, 0.2) is 65.6 Å². The van der Waals surface area contributed by atoms with E-state index in [0.29, 0.717) is 53.6 Å². The summed E-state index contributed by atoms with van der Waals surface area (Å²) >= 11 is 6.87. The van der Waals surface area contributed by atoms with Crippen molar-refractivity contribution in [2.45, 2.75) is 6.92 Å². The van der Waals surface area contributed by atoms with Crippen LogP contribution in [0.5, 0.6) is 11.5 Å². The molecule has 0 spiro atoms. The monoisotopic (exact) mass is 534 g/mol. The minimum Gasteiger partial charge on any atom is -0.490 e. The Bertz CT molecular complexity index is 1380. The molecule has 0 atom stereocenters. The average Bonchev–Trinajstić information content (AvgIpc) is 3.20. The van der Waals surface area contributed by atoms with Crippen LogP contribution < -0.4 is 14.4 Å². The smallest absolute Gasteiger partial charge is 0.270 e. The first-order chi connectivity index (χ1) is 18.0. The van der Waals surface area contributed by atoms with E-state index >= 15 is 0 Å². The van der Waals surface area contributed by atoms with Gasteiger partial charge in [0.15, 0.2) is 22.4 Å². The van der Waals surface area contributed by atoms with Crippen LogP contribution >= 0.6 is 24.0 Å². The zero-order valence-corrected chi connectivity index (χ0v) is 22.0. The van der Waals surface area contributed by atoms with Gasteiger partial charge in [-0.1, -0.05) is 66.4 Å². The van der Waals surface area contributed by atoms with Crippen LogP contribution in [0.2, 0.25) is 0 Å². The van der Waals surface area contributed by atoms with Gasteiger partial charge in [0.05, 0.1) is 30.4 Å². The Morgan fingerprint density at radius 2 is 1.84 bits per heavy atom. The van der Waals surface area contributed by atoms with Gasteiger partial charge in [-0.25, -0.2) is 0 Å². The fraction of sp³-hybridized carbons (Fsp3) is 0.250. The number of amides is 2. The number of fused-ring (bicyclic) bond motifs is 1. The second-order valence-corrected chi connectivity index (χ2v) is 10.1. The summed E-state index contributed by atoms with van der Waals surface area (Å²) in [5.41, 5.74) is 1.54. The van der Waals surface area contributed by atoms with Crippen LogP contribution in [-0.4, -0.2) is 60.6 Å². The number of ether oxygens (including phenoxy) is 3. The summed E-state index contributed by atoms with van der Waals surface area (Å²) in [5, 5.41) is 2.01. The lowest BCUT2D eigenvalue weighted by Gasteiger charge is -2.26. The highest BCUT2D eigenvalue weighted by atomic mass is 32.2. The van der Waals surface area contributed by atoms with Crippen LogP contribution in [0.1, 0.15) is 12.5 Å². The second kappa shape index (κ2) is 11.3. The van der Waals surface area contributed by atoms with Crippen molar-refractivity contribution in [3.8, 4) is 11.5 Å². The molecule has 0 N–H and O–H groups in total. The van der Waals surface area contributed by atoms with Gasteiger partial charge in [0.1, 0.15) is 0 Å². The largest absolute Gasteiger partial charge is 0.490 e. The number of carbonyl (C=O) groups is 2. The topological polar surface area (TPSA) is 68.3 Å². The summed E-state index contributed by atoms with van der Waals surface area (Å²) < 4.78 is 17.4. The zero-order valence-electron chi connectivity index (χ0n) is 20.3. The highest BCUT2D eigenvalue weighted by Crippen LogP contribution is 2.39. The molecule has 2 aliphatic rings. The molecule has 2 saturated heterocycles. The van der Waals surface area contributed by atoms with E-state index in [-0.39, 0.29) is 18.4 Å². The third kappa shape index (κ3) is 5.49. The van der Waals surface area contributed by atoms with Crippen LogP contribution in [0, 0.1) is 0 Å². The molecule has 37 heavy (non-hydrogen) atoms. The molecule has 0 bridgehead atoms. The molecule has 0 aromatic heterocycles. The molecule has 2 amide bonds. The number of carbonyl (C=O) groups excluding carboxylic acids is 2. The lowest BCUT2D eigenvalue weighted by atomic mass is 10.1. The van der Waals surface area contributed by atoms with Gasteiger partial charge in [0.2, 0.25) is 0 Å². The Morgan fingerprint density at radius 1 is 1.05 bits per heavy atom. The number of anilines is 1. The number of benzene rings is 3. The summed E-state index contributed by atoms with van der Waals surface area (Å²) in [6.45, 7) is 4.44. The maximum Gasteiger partial charge on any atom is 0.270 e. The van der Waals surface area contributed by atoms with Crippen molar-refractivity contribution in [1.82, 2.24) is 4.90 Å². The van der Waals surface area contributed by atoms with Gasteiger partial charge >= 0.3 is 0 Å². The molecule has 7 nitrogen and oxygen atoms in total. The van der Waals surface area contributed by atoms with Crippen molar-refractivity contribution < 1.29 is 23.8 Å². The Kier molecular flexibility index (Phi) is 7.73. The predicted octanol–water partition coefficient (Wildman–Crippen LogP) is 4.88. The molecule has 2 fully saturated rings. The SMILES string of the molecule is CCOc1cc(/C=C2/SC(=S)N(c3cccc4ccccc34)C2=O)ccc1OCC(=O)N1CCOCC1. The maximum atomic E-state index is 13.4. The van der Waals surface area contributed by atoms with Gasteiger partial charge in [-0.3, -0.25) is 14.5 Å². The minimum atomic E-state index is -0.166. The fourth-order valence-corrected chi connectivity index (χ4v) is 5.56. The first-order valence-corrected chi connectivity index (χ1v) is 13.3. The Labute approximate surface area is 225 Å². The highest BCUT2D eigenvalue weighted by molar-refractivity contribution is 8.27. The second-order valence-electron chi connectivity index (χ2n) is 8.44. The van der Waals surface area contributed by atoms with E-state index in [4.69, 9.17) is 26.4 Å². The van der Waals surface area contributed by atoms with E-state index in [1.165, 1.54) is 11.8 Å². The third-order valence-electron chi connectivity index (χ3n) is 6.08. The first kappa shape index (κ1) is 25.3. The van der Waals surface area contributed by atoms with Crippen molar-refractivity contribution in [3.63, 3.8) is 0 Å². The minimum absolute atomic E-state index is 0.0802. The molecular formula is C28H26N2O5S2. The maximum absolute atomic E-state index is 13.4. The quantitative estimate of drug-likeness (QED) is 0.316. The predicted molar refractivity (Wildman–Crippen MR) is 150 cm³/mol. The normalized spacial score (nSPS) is 17.1. The van der Waals surface area contributed by atoms with Gasteiger partial charge in [-0.05, 0) is 42.1 Å². The van der Waals surface area contributed by atoms with Crippen molar-refractivity contribution >= 4 is 62.7 Å². The summed E-state index contributed by atoms with van der Waals surface area (Å²) in [5.74, 6) is 0.729. The van der Waals surface area contributed by atoms with E-state index < -0.39 is 0 Å². The fourth-order valence-electron chi connectivity index (χ4n) is 4.28. The lowest BCUT2D eigenvalue weighted by molar-refractivity contribution is -0.137. The van der Waals surface area contributed by atoms with Crippen LogP contribution in [0.4, 0.5) is 5.69 Å². The molecule has 2 aliphatic heterocycles. The molecule has 2 heterocycles. The first-order valence-electron chi connectivity index (χ1n) is 12.1. The molecule has 3 aromatic carbocycles. The number of hydrogen-bond acceptors (Lipinski definition) is 7. The molecule has 0 saturated carbocycles. The number of nitrogens with zero attached hydrogens (tertiary/aromatic N) is 2. The summed E-state index contributed by atoms with van der Waals surface area (Å²) in [7, 11) is 0. The van der Waals surface area contributed by atoms with Crippen LogP contribution in [0.3, 0.4) is 0 Å². The molecule has 0 aliphatic carbocycles. The van der Waals surface area contributed by atoms with Crippen molar-refractivity contribution in [2.75, 3.05) is 44.4 Å². The van der Waals surface area contributed by atoms with E-state index in [1.54, 1.807) is 21.9 Å². The number of thioether (sulfide) groups is 1. The van der Waals surface area contributed by atoms with E-state index in [2.05, 4.69) is 0 Å². The number of thiocarbonyl (C=S) groups is 1. The molecular weight excluding hydrogens is 508 g/mol. The molecule has 9 heteroatoms. The molecule has 5 rings (SSSR count). The van der Waals surface area contributed by atoms with Gasteiger partial charge < -0.3 is 19.1 Å². The van der Waals surface area contributed by atoms with Gasteiger partial charge in [0.25, 0.3) is 11.8 Å². The molecule has 190 valence electrons. The van der Waals surface area contributed by atoms with Crippen LogP contribution in [0.25, 0.3) is 16.8 Å². The van der Waals surface area contributed by atoms with E-state index in [1.807, 2.05) is 61.5 Å². The summed E-state index contributed by atoms with van der Waals surface area (Å²) in [6.07, 6.45) is 1.80. The standard InChI is InChI=1S/C28H26N2O5S2/c1-2-34-24-16-19(10-11-23(24)35-18-26(31)29-12-14-33-15-13-29)17-25-27(32)30(28(36)37-25)22-9-5-7-20-6-3-4-8-21(20)22/h3-11,16-17H,2,12-15,18H2,1H3/b25-17+. The van der Waals surface area contributed by atoms with E-state index in [9.17, 15) is 9.59 Å². The summed E-state index contributed by atoms with van der Waals surface area (Å²) in [4.78, 5) is 29.7. The van der Waals surface area contributed by atoms with E-state index in [0.717, 1.165) is 22.0 Å².